The number of methoxy groups -OCH3 is 1. The van der Waals surface area contributed by atoms with Crippen LogP contribution in [0.4, 0.5) is 0 Å². The van der Waals surface area contributed by atoms with Gasteiger partial charge in [-0.2, -0.15) is 0 Å². The topological polar surface area (TPSA) is 46.5 Å². The van der Waals surface area contributed by atoms with Gasteiger partial charge in [0.2, 0.25) is 0 Å². The van der Waals surface area contributed by atoms with E-state index in [9.17, 15) is 4.79 Å². The van der Waals surface area contributed by atoms with Gasteiger partial charge >= 0.3 is 5.97 Å². The van der Waals surface area contributed by atoms with Crippen LogP contribution in [-0.2, 0) is 4.79 Å². The van der Waals surface area contributed by atoms with Crippen molar-refractivity contribution in [3.05, 3.63) is 40.4 Å². The van der Waals surface area contributed by atoms with Gasteiger partial charge in [0.05, 0.1) is 12.1 Å². The van der Waals surface area contributed by atoms with Crippen molar-refractivity contribution in [3.63, 3.8) is 0 Å². The molecular formula is C15H17ClO3. The van der Waals surface area contributed by atoms with E-state index in [2.05, 4.69) is 0 Å². The summed E-state index contributed by atoms with van der Waals surface area (Å²) >= 11 is 6.14. The number of halogens is 1. The number of hydrogen-bond acceptors (Lipinski definition) is 2. The van der Waals surface area contributed by atoms with E-state index >= 15 is 0 Å². The Kier molecular flexibility index (Phi) is 4.48. The summed E-state index contributed by atoms with van der Waals surface area (Å²) in [5.74, 6) is -0.0697. The van der Waals surface area contributed by atoms with Crippen LogP contribution < -0.4 is 4.74 Å². The average Bonchev–Trinajstić information content (AvgIpc) is 2.38. The van der Waals surface area contributed by atoms with Gasteiger partial charge in [0.15, 0.2) is 0 Å². The first kappa shape index (κ1) is 13.9. The smallest absolute Gasteiger partial charge is 0.328 e. The van der Waals surface area contributed by atoms with Crippen LogP contribution >= 0.6 is 11.6 Å². The van der Waals surface area contributed by atoms with Crippen LogP contribution in [0.2, 0.25) is 5.02 Å². The van der Waals surface area contributed by atoms with E-state index in [1.54, 1.807) is 7.11 Å². The van der Waals surface area contributed by atoms with Gasteiger partial charge in [-0.15, -0.1) is 0 Å². The molecule has 1 unspecified atom stereocenters. The van der Waals surface area contributed by atoms with Crippen molar-refractivity contribution in [2.45, 2.75) is 31.6 Å². The number of carboxylic acid groups (broad SMARTS) is 1. The largest absolute Gasteiger partial charge is 0.495 e. The lowest BCUT2D eigenvalue weighted by molar-refractivity contribution is -0.131. The van der Waals surface area contributed by atoms with Crippen molar-refractivity contribution < 1.29 is 14.6 Å². The number of aliphatic carboxylic acids is 1. The van der Waals surface area contributed by atoms with Crippen molar-refractivity contribution in [2.24, 2.45) is 0 Å². The van der Waals surface area contributed by atoms with Gasteiger partial charge in [-0.25, -0.2) is 4.79 Å². The lowest BCUT2D eigenvalue weighted by atomic mass is 9.79. The van der Waals surface area contributed by atoms with E-state index < -0.39 is 5.97 Å². The molecule has 0 aliphatic heterocycles. The third-order valence-corrected chi connectivity index (χ3v) is 3.84. The Hall–Kier alpha value is -1.48. The second-order valence-corrected chi connectivity index (χ2v) is 5.16. The molecule has 1 aliphatic carbocycles. The Bertz CT molecular complexity index is 508. The minimum Gasteiger partial charge on any atom is -0.495 e. The van der Waals surface area contributed by atoms with Crippen molar-refractivity contribution in [3.8, 4) is 5.75 Å². The highest BCUT2D eigenvalue weighted by Crippen LogP contribution is 2.39. The number of benzene rings is 1. The summed E-state index contributed by atoms with van der Waals surface area (Å²) in [6, 6.07) is 5.69. The maximum Gasteiger partial charge on any atom is 0.328 e. The molecule has 0 radical (unpaired) electrons. The fourth-order valence-corrected chi connectivity index (χ4v) is 2.91. The first-order valence-corrected chi connectivity index (χ1v) is 6.76. The van der Waals surface area contributed by atoms with Gasteiger partial charge < -0.3 is 9.84 Å². The SMILES string of the molecule is COc1ccc(C2CCCC/C2=C\C(=O)O)cc1Cl. The Morgan fingerprint density at radius 1 is 1.47 bits per heavy atom. The number of hydrogen-bond donors (Lipinski definition) is 1. The van der Waals surface area contributed by atoms with Gasteiger partial charge in [0.25, 0.3) is 0 Å². The standard InChI is InChI=1S/C15H17ClO3/c1-19-14-7-6-11(8-13(14)16)12-5-3-2-4-10(12)9-15(17)18/h6-9,12H,2-5H2,1H3,(H,17,18)/b10-9+. The van der Waals surface area contributed by atoms with Gasteiger partial charge in [0, 0.05) is 12.0 Å². The molecule has 1 aliphatic rings. The molecule has 1 aromatic carbocycles. The Morgan fingerprint density at radius 2 is 2.26 bits per heavy atom. The molecule has 0 heterocycles. The van der Waals surface area contributed by atoms with E-state index in [1.807, 2.05) is 18.2 Å². The molecule has 1 fully saturated rings. The number of allylic oxidation sites excluding steroid dienone is 1. The lowest BCUT2D eigenvalue weighted by Crippen LogP contribution is -2.10. The zero-order chi connectivity index (χ0) is 13.8. The first-order valence-electron chi connectivity index (χ1n) is 6.38. The second-order valence-electron chi connectivity index (χ2n) is 4.75. The zero-order valence-electron chi connectivity index (χ0n) is 10.9. The van der Waals surface area contributed by atoms with Gasteiger partial charge in [-0.05, 0) is 37.0 Å². The molecule has 1 atom stereocenters. The van der Waals surface area contributed by atoms with E-state index in [4.69, 9.17) is 21.4 Å². The van der Waals surface area contributed by atoms with Crippen LogP contribution in [0.25, 0.3) is 0 Å². The summed E-state index contributed by atoms with van der Waals surface area (Å²) in [5, 5.41) is 9.51. The van der Waals surface area contributed by atoms with Crippen molar-refractivity contribution in [1.82, 2.24) is 0 Å². The van der Waals surface area contributed by atoms with Crippen molar-refractivity contribution in [1.29, 1.82) is 0 Å². The predicted molar refractivity (Wildman–Crippen MR) is 74.9 cm³/mol. The molecule has 0 saturated heterocycles. The average molecular weight is 281 g/mol. The van der Waals surface area contributed by atoms with Crippen LogP contribution in [0.5, 0.6) is 5.75 Å². The molecule has 1 saturated carbocycles. The van der Waals surface area contributed by atoms with Crippen LogP contribution in [0.15, 0.2) is 29.8 Å². The summed E-state index contributed by atoms with van der Waals surface area (Å²) in [6.07, 6.45) is 5.34. The summed E-state index contributed by atoms with van der Waals surface area (Å²) in [6.45, 7) is 0. The van der Waals surface area contributed by atoms with E-state index in [0.29, 0.717) is 10.8 Å². The fourth-order valence-electron chi connectivity index (χ4n) is 2.65. The molecule has 0 spiro atoms. The third kappa shape index (κ3) is 3.29. The van der Waals surface area contributed by atoms with Crippen molar-refractivity contribution in [2.75, 3.05) is 7.11 Å². The molecule has 0 aromatic heterocycles. The minimum absolute atomic E-state index is 0.160. The molecular weight excluding hydrogens is 264 g/mol. The number of carbonyl (C=O) groups is 1. The van der Waals surface area contributed by atoms with Gasteiger partial charge in [-0.1, -0.05) is 29.7 Å². The summed E-state index contributed by atoms with van der Waals surface area (Å²) in [5.41, 5.74) is 2.05. The van der Waals surface area contributed by atoms with E-state index in [0.717, 1.165) is 36.8 Å². The number of ether oxygens (including phenoxy) is 1. The predicted octanol–water partition coefficient (Wildman–Crippen LogP) is 4.02. The minimum atomic E-state index is -0.874. The molecule has 102 valence electrons. The molecule has 0 bridgehead atoms. The summed E-state index contributed by atoms with van der Waals surface area (Å²) < 4.78 is 5.14. The molecule has 2 rings (SSSR count). The highest BCUT2D eigenvalue weighted by molar-refractivity contribution is 6.32. The zero-order valence-corrected chi connectivity index (χ0v) is 11.6. The van der Waals surface area contributed by atoms with Crippen LogP contribution in [0, 0.1) is 0 Å². The lowest BCUT2D eigenvalue weighted by Gasteiger charge is -2.26. The van der Waals surface area contributed by atoms with Gasteiger partial charge in [0.1, 0.15) is 5.75 Å². The highest BCUT2D eigenvalue weighted by Gasteiger charge is 2.22. The molecule has 4 heteroatoms. The molecule has 19 heavy (non-hydrogen) atoms. The Labute approximate surface area is 117 Å². The fraction of sp³-hybridized carbons (Fsp3) is 0.400. The summed E-state index contributed by atoms with van der Waals surface area (Å²) in [7, 11) is 1.58. The number of rotatable bonds is 3. The molecule has 3 nitrogen and oxygen atoms in total. The van der Waals surface area contributed by atoms with Crippen LogP contribution in [-0.4, -0.2) is 18.2 Å². The summed E-state index contributed by atoms with van der Waals surface area (Å²) in [4.78, 5) is 10.9. The highest BCUT2D eigenvalue weighted by atomic mass is 35.5. The first-order chi connectivity index (χ1) is 9.11. The monoisotopic (exact) mass is 280 g/mol. The molecule has 1 N–H and O–H groups in total. The normalized spacial score (nSPS) is 21.4. The third-order valence-electron chi connectivity index (χ3n) is 3.54. The molecule has 1 aromatic rings. The Morgan fingerprint density at radius 3 is 2.89 bits per heavy atom. The van der Waals surface area contributed by atoms with E-state index in [-0.39, 0.29) is 5.92 Å². The van der Waals surface area contributed by atoms with E-state index in [1.165, 1.54) is 6.08 Å². The van der Waals surface area contributed by atoms with Gasteiger partial charge in [-0.3, -0.25) is 0 Å². The Balaban J connectivity index is 2.32. The van der Waals surface area contributed by atoms with Crippen LogP contribution in [0.3, 0.4) is 0 Å². The maximum absolute atomic E-state index is 10.9. The number of carboxylic acids is 1. The van der Waals surface area contributed by atoms with Crippen LogP contribution in [0.1, 0.15) is 37.2 Å². The van der Waals surface area contributed by atoms with Crippen molar-refractivity contribution >= 4 is 17.6 Å². The quantitative estimate of drug-likeness (QED) is 0.851. The molecule has 0 amide bonds. The second kappa shape index (κ2) is 6.11. The maximum atomic E-state index is 10.9.